The van der Waals surface area contributed by atoms with E-state index in [-0.39, 0.29) is 6.04 Å². The Morgan fingerprint density at radius 1 is 1.43 bits per heavy atom. The lowest BCUT2D eigenvalue weighted by molar-refractivity contribution is 0.0723. The summed E-state index contributed by atoms with van der Waals surface area (Å²) in [5.74, 6) is 0.901. The second kappa shape index (κ2) is 3.77. The second-order valence-electron chi connectivity index (χ2n) is 4.53. The highest BCUT2D eigenvalue weighted by atomic mass is 16.4. The second-order valence-corrected chi connectivity index (χ2v) is 4.53. The molecule has 0 aromatic carbocycles. The number of piperazine rings is 1. The number of amides is 1. The summed E-state index contributed by atoms with van der Waals surface area (Å²) in [6, 6.07) is 0.153. The van der Waals surface area contributed by atoms with Gasteiger partial charge in [-0.2, -0.15) is 0 Å². The van der Waals surface area contributed by atoms with Crippen LogP contribution in [0.4, 0.5) is 4.79 Å². The van der Waals surface area contributed by atoms with Crippen LogP contribution in [0.5, 0.6) is 0 Å². The molecule has 0 bridgehead atoms. The molecule has 1 saturated heterocycles. The molecule has 4 heteroatoms. The van der Waals surface area contributed by atoms with Crippen LogP contribution in [0, 0.1) is 5.92 Å². The van der Waals surface area contributed by atoms with Crippen LogP contribution < -0.4 is 0 Å². The minimum atomic E-state index is -0.774. The average molecular weight is 198 g/mol. The summed E-state index contributed by atoms with van der Waals surface area (Å²) in [6.45, 7) is 5.66. The summed E-state index contributed by atoms with van der Waals surface area (Å²) in [6.07, 6.45) is 1.96. The van der Waals surface area contributed by atoms with Gasteiger partial charge in [0.05, 0.1) is 0 Å². The molecule has 1 aliphatic carbocycles. The molecule has 4 nitrogen and oxygen atoms in total. The number of rotatable bonds is 2. The molecule has 0 radical (unpaired) electrons. The fraction of sp³-hybridized carbons (Fsp3) is 0.900. The van der Waals surface area contributed by atoms with Crippen LogP contribution in [0.25, 0.3) is 0 Å². The molecule has 14 heavy (non-hydrogen) atoms. The Morgan fingerprint density at radius 2 is 2.14 bits per heavy atom. The summed E-state index contributed by atoms with van der Waals surface area (Å²) in [5.41, 5.74) is 0. The van der Waals surface area contributed by atoms with Crippen molar-refractivity contribution in [3.63, 3.8) is 0 Å². The third kappa shape index (κ3) is 2.18. The summed E-state index contributed by atoms with van der Waals surface area (Å²) in [5, 5.41) is 8.90. The van der Waals surface area contributed by atoms with E-state index in [4.69, 9.17) is 5.11 Å². The maximum Gasteiger partial charge on any atom is 0.407 e. The van der Waals surface area contributed by atoms with Gasteiger partial charge < -0.3 is 10.0 Å². The van der Waals surface area contributed by atoms with Gasteiger partial charge in [0.25, 0.3) is 0 Å². The van der Waals surface area contributed by atoms with Gasteiger partial charge >= 0.3 is 6.09 Å². The zero-order valence-electron chi connectivity index (χ0n) is 8.65. The summed E-state index contributed by atoms with van der Waals surface area (Å²) in [4.78, 5) is 14.8. The van der Waals surface area contributed by atoms with Gasteiger partial charge in [0.2, 0.25) is 0 Å². The molecule has 0 spiro atoms. The highest BCUT2D eigenvalue weighted by Crippen LogP contribution is 2.30. The SMILES string of the molecule is C[C@H]1CN(CC2CC2)CCN1C(=O)O. The number of carboxylic acid groups (broad SMARTS) is 1. The standard InChI is InChI=1S/C10H18N2O2/c1-8-6-11(7-9-2-3-9)4-5-12(8)10(13)14/h8-9H,2-7H2,1H3,(H,13,14)/t8-/m0/s1. The third-order valence-corrected chi connectivity index (χ3v) is 3.17. The van der Waals surface area contributed by atoms with E-state index in [2.05, 4.69) is 4.90 Å². The fourth-order valence-corrected chi connectivity index (χ4v) is 2.15. The third-order valence-electron chi connectivity index (χ3n) is 3.17. The summed E-state index contributed by atoms with van der Waals surface area (Å²) in [7, 11) is 0. The van der Waals surface area contributed by atoms with Crippen LogP contribution in [0.3, 0.4) is 0 Å². The van der Waals surface area contributed by atoms with E-state index in [1.165, 1.54) is 19.4 Å². The summed E-state index contributed by atoms with van der Waals surface area (Å²) < 4.78 is 0. The molecule has 1 saturated carbocycles. The Morgan fingerprint density at radius 3 is 2.64 bits per heavy atom. The van der Waals surface area contributed by atoms with Gasteiger partial charge in [-0.25, -0.2) is 4.79 Å². The monoisotopic (exact) mass is 198 g/mol. The normalized spacial score (nSPS) is 29.2. The van der Waals surface area contributed by atoms with Gasteiger partial charge in [-0.15, -0.1) is 0 Å². The van der Waals surface area contributed by atoms with E-state index in [1.807, 2.05) is 6.92 Å². The first-order valence-electron chi connectivity index (χ1n) is 5.38. The molecule has 0 aromatic heterocycles. The van der Waals surface area contributed by atoms with Crippen LogP contribution in [-0.2, 0) is 0 Å². The highest BCUT2D eigenvalue weighted by Gasteiger charge is 2.30. The Bertz CT molecular complexity index is 228. The lowest BCUT2D eigenvalue weighted by atomic mass is 10.2. The van der Waals surface area contributed by atoms with Gasteiger partial charge in [-0.3, -0.25) is 4.90 Å². The quantitative estimate of drug-likeness (QED) is 0.722. The molecule has 0 unspecified atom stereocenters. The fourth-order valence-electron chi connectivity index (χ4n) is 2.15. The summed E-state index contributed by atoms with van der Waals surface area (Å²) >= 11 is 0. The van der Waals surface area contributed by atoms with Crippen LogP contribution in [0.15, 0.2) is 0 Å². The van der Waals surface area contributed by atoms with E-state index in [9.17, 15) is 4.79 Å². The van der Waals surface area contributed by atoms with Gasteiger partial charge in [0.1, 0.15) is 0 Å². The van der Waals surface area contributed by atoms with Crippen molar-refractivity contribution in [3.05, 3.63) is 0 Å². The van der Waals surface area contributed by atoms with E-state index >= 15 is 0 Å². The number of nitrogens with zero attached hydrogens (tertiary/aromatic N) is 2. The molecule has 1 aliphatic heterocycles. The minimum absolute atomic E-state index is 0.153. The van der Waals surface area contributed by atoms with E-state index in [0.29, 0.717) is 6.54 Å². The van der Waals surface area contributed by atoms with E-state index in [1.54, 1.807) is 4.90 Å². The molecule has 80 valence electrons. The first kappa shape index (κ1) is 9.77. The van der Waals surface area contributed by atoms with Crippen molar-refractivity contribution in [1.82, 2.24) is 9.80 Å². The Balaban J connectivity index is 1.82. The van der Waals surface area contributed by atoms with Gasteiger partial charge in [0.15, 0.2) is 0 Å². The minimum Gasteiger partial charge on any atom is -0.465 e. The van der Waals surface area contributed by atoms with Gasteiger partial charge in [0, 0.05) is 32.2 Å². The molecule has 2 aliphatic rings. The first-order valence-corrected chi connectivity index (χ1v) is 5.38. The Labute approximate surface area is 84.5 Å². The lowest BCUT2D eigenvalue weighted by Gasteiger charge is -2.38. The maximum absolute atomic E-state index is 10.8. The van der Waals surface area contributed by atoms with E-state index < -0.39 is 6.09 Å². The molecule has 1 N–H and O–H groups in total. The number of hydrogen-bond donors (Lipinski definition) is 1. The molecular formula is C10H18N2O2. The van der Waals surface area contributed by atoms with Crippen molar-refractivity contribution < 1.29 is 9.90 Å². The number of hydrogen-bond acceptors (Lipinski definition) is 2. The van der Waals surface area contributed by atoms with Crippen LogP contribution in [-0.4, -0.2) is 53.2 Å². The average Bonchev–Trinajstić information content (AvgIpc) is 2.87. The predicted octanol–water partition coefficient (Wildman–Crippen LogP) is 1.08. The molecule has 1 amide bonds. The van der Waals surface area contributed by atoms with Crippen LogP contribution in [0.1, 0.15) is 19.8 Å². The highest BCUT2D eigenvalue weighted by molar-refractivity contribution is 5.65. The van der Waals surface area contributed by atoms with Crippen molar-refractivity contribution >= 4 is 6.09 Å². The van der Waals surface area contributed by atoms with Crippen molar-refractivity contribution in [2.75, 3.05) is 26.2 Å². The topological polar surface area (TPSA) is 43.8 Å². The van der Waals surface area contributed by atoms with E-state index in [0.717, 1.165) is 19.0 Å². The largest absolute Gasteiger partial charge is 0.465 e. The molecule has 2 fully saturated rings. The maximum atomic E-state index is 10.8. The number of carbonyl (C=O) groups is 1. The van der Waals surface area contributed by atoms with Gasteiger partial charge in [-0.1, -0.05) is 0 Å². The molecule has 1 atom stereocenters. The molecule has 0 aromatic rings. The zero-order chi connectivity index (χ0) is 10.1. The molecule has 1 heterocycles. The first-order chi connectivity index (χ1) is 6.66. The zero-order valence-corrected chi connectivity index (χ0v) is 8.65. The lowest BCUT2D eigenvalue weighted by Crippen LogP contribution is -2.53. The van der Waals surface area contributed by atoms with Crippen molar-refractivity contribution in [2.24, 2.45) is 5.92 Å². The smallest absolute Gasteiger partial charge is 0.407 e. The molecule has 2 rings (SSSR count). The van der Waals surface area contributed by atoms with Crippen molar-refractivity contribution in [1.29, 1.82) is 0 Å². The van der Waals surface area contributed by atoms with Crippen molar-refractivity contribution in [2.45, 2.75) is 25.8 Å². The molecular weight excluding hydrogens is 180 g/mol. The van der Waals surface area contributed by atoms with Gasteiger partial charge in [-0.05, 0) is 25.7 Å². The van der Waals surface area contributed by atoms with Crippen LogP contribution >= 0.6 is 0 Å². The predicted molar refractivity (Wildman–Crippen MR) is 53.4 cm³/mol. The Hall–Kier alpha value is -0.770. The Kier molecular flexibility index (Phi) is 2.63. The van der Waals surface area contributed by atoms with Crippen LogP contribution in [0.2, 0.25) is 0 Å². The van der Waals surface area contributed by atoms with Crippen molar-refractivity contribution in [3.8, 4) is 0 Å².